The van der Waals surface area contributed by atoms with Crippen LogP contribution in [0.4, 0.5) is 11.5 Å². The van der Waals surface area contributed by atoms with Crippen molar-refractivity contribution in [2.45, 2.75) is 6.92 Å². The molecule has 2 aromatic heterocycles. The second kappa shape index (κ2) is 5.92. The second-order valence-corrected chi connectivity index (χ2v) is 5.16. The number of aromatic carboxylic acids is 1. The van der Waals surface area contributed by atoms with Gasteiger partial charge in [-0.25, -0.2) is 4.79 Å². The van der Waals surface area contributed by atoms with Crippen molar-refractivity contribution in [1.82, 2.24) is 14.8 Å². The molecule has 0 saturated carbocycles. The van der Waals surface area contributed by atoms with Crippen LogP contribution in [0, 0.1) is 6.92 Å². The maximum absolute atomic E-state index is 11.3. The van der Waals surface area contributed by atoms with Gasteiger partial charge < -0.3 is 10.4 Å². The summed E-state index contributed by atoms with van der Waals surface area (Å²) >= 11 is 0. The van der Waals surface area contributed by atoms with E-state index in [1.54, 1.807) is 4.68 Å². The van der Waals surface area contributed by atoms with Gasteiger partial charge in [0.2, 0.25) is 0 Å². The molecule has 23 heavy (non-hydrogen) atoms. The van der Waals surface area contributed by atoms with E-state index >= 15 is 0 Å². The number of pyridine rings is 1. The highest BCUT2D eigenvalue weighted by atomic mass is 16.4. The van der Waals surface area contributed by atoms with Gasteiger partial charge in [-0.2, -0.15) is 5.10 Å². The Morgan fingerprint density at radius 1 is 1.22 bits per heavy atom. The van der Waals surface area contributed by atoms with Crippen LogP contribution in [-0.2, 0) is 7.05 Å². The van der Waals surface area contributed by atoms with Gasteiger partial charge in [0, 0.05) is 24.4 Å². The third kappa shape index (κ3) is 2.78. The Balaban J connectivity index is 2.02. The molecule has 1 aromatic carbocycles. The molecule has 0 aliphatic carbocycles. The molecule has 0 aliphatic heterocycles. The lowest BCUT2D eigenvalue weighted by Gasteiger charge is -2.07. The first-order valence-corrected chi connectivity index (χ1v) is 7.11. The smallest absolute Gasteiger partial charge is 0.337 e. The monoisotopic (exact) mass is 308 g/mol. The molecule has 0 unspecified atom stereocenters. The summed E-state index contributed by atoms with van der Waals surface area (Å²) in [4.78, 5) is 15.3. The van der Waals surface area contributed by atoms with Crippen LogP contribution in [-0.4, -0.2) is 25.8 Å². The Bertz CT molecular complexity index is 856. The summed E-state index contributed by atoms with van der Waals surface area (Å²) in [5, 5.41) is 16.8. The van der Waals surface area contributed by atoms with Crippen molar-refractivity contribution < 1.29 is 9.90 Å². The summed E-state index contributed by atoms with van der Waals surface area (Å²) in [6, 6.07) is 11.4. The van der Waals surface area contributed by atoms with Crippen molar-refractivity contribution in [3.63, 3.8) is 0 Å². The van der Waals surface area contributed by atoms with Gasteiger partial charge in [0.15, 0.2) is 5.82 Å². The molecule has 3 aromatic rings. The number of carbonyl (C=O) groups is 1. The highest BCUT2D eigenvalue weighted by Crippen LogP contribution is 2.30. The standard InChI is InChI=1S/C17H16N4O2/c1-11-15(12-6-4-3-5-7-12)21(2)20-16(11)19-14-10-18-9-8-13(14)17(22)23/h3-10H,1-2H3,(H,19,20)(H,22,23). The van der Waals surface area contributed by atoms with E-state index in [-0.39, 0.29) is 5.56 Å². The second-order valence-electron chi connectivity index (χ2n) is 5.16. The SMILES string of the molecule is Cc1c(Nc2cnccc2C(=O)O)nn(C)c1-c1ccccc1. The lowest BCUT2D eigenvalue weighted by atomic mass is 10.1. The number of aromatic nitrogens is 3. The first kappa shape index (κ1) is 14.8. The van der Waals surface area contributed by atoms with E-state index in [0.717, 1.165) is 16.8 Å². The molecule has 0 fully saturated rings. The van der Waals surface area contributed by atoms with Crippen molar-refractivity contribution >= 4 is 17.5 Å². The minimum absolute atomic E-state index is 0.159. The molecule has 0 saturated heterocycles. The molecular weight excluding hydrogens is 292 g/mol. The van der Waals surface area contributed by atoms with Gasteiger partial charge in [0.05, 0.1) is 23.1 Å². The largest absolute Gasteiger partial charge is 0.478 e. The minimum Gasteiger partial charge on any atom is -0.478 e. The number of carboxylic acid groups (broad SMARTS) is 1. The zero-order valence-corrected chi connectivity index (χ0v) is 12.8. The van der Waals surface area contributed by atoms with Gasteiger partial charge in [0.25, 0.3) is 0 Å². The molecule has 0 bridgehead atoms. The van der Waals surface area contributed by atoms with Gasteiger partial charge in [-0.05, 0) is 13.0 Å². The Labute approximate surface area is 133 Å². The van der Waals surface area contributed by atoms with E-state index in [2.05, 4.69) is 15.4 Å². The summed E-state index contributed by atoms with van der Waals surface area (Å²) in [5.41, 5.74) is 3.55. The van der Waals surface area contributed by atoms with Crippen molar-refractivity contribution in [2.75, 3.05) is 5.32 Å². The summed E-state index contributed by atoms with van der Waals surface area (Å²) < 4.78 is 1.78. The van der Waals surface area contributed by atoms with E-state index in [1.807, 2.05) is 44.3 Å². The van der Waals surface area contributed by atoms with Gasteiger partial charge >= 0.3 is 5.97 Å². The van der Waals surface area contributed by atoms with E-state index in [0.29, 0.717) is 11.5 Å². The van der Waals surface area contributed by atoms with E-state index in [1.165, 1.54) is 18.5 Å². The maximum atomic E-state index is 11.3. The molecular formula is C17H16N4O2. The topological polar surface area (TPSA) is 80.0 Å². The molecule has 0 amide bonds. The Morgan fingerprint density at radius 2 is 1.96 bits per heavy atom. The fraction of sp³-hybridized carbons (Fsp3) is 0.118. The van der Waals surface area contributed by atoms with E-state index < -0.39 is 5.97 Å². The van der Waals surface area contributed by atoms with Gasteiger partial charge in [-0.15, -0.1) is 0 Å². The third-order valence-corrected chi connectivity index (χ3v) is 3.64. The quantitative estimate of drug-likeness (QED) is 0.773. The van der Waals surface area contributed by atoms with Crippen LogP contribution < -0.4 is 5.32 Å². The highest BCUT2D eigenvalue weighted by Gasteiger charge is 2.16. The average molecular weight is 308 g/mol. The number of hydrogen-bond donors (Lipinski definition) is 2. The normalized spacial score (nSPS) is 10.5. The van der Waals surface area contributed by atoms with Crippen LogP contribution in [0.1, 0.15) is 15.9 Å². The lowest BCUT2D eigenvalue weighted by Crippen LogP contribution is -2.04. The summed E-state index contributed by atoms with van der Waals surface area (Å²) in [7, 11) is 1.86. The van der Waals surface area contributed by atoms with Crippen LogP contribution >= 0.6 is 0 Å². The number of rotatable bonds is 4. The molecule has 0 atom stereocenters. The molecule has 2 N–H and O–H groups in total. The van der Waals surface area contributed by atoms with Crippen LogP contribution in [0.5, 0.6) is 0 Å². The molecule has 0 radical (unpaired) electrons. The predicted molar refractivity (Wildman–Crippen MR) is 87.9 cm³/mol. The van der Waals surface area contributed by atoms with Crippen LogP contribution in [0.25, 0.3) is 11.3 Å². The number of aryl methyl sites for hydroxylation is 1. The number of anilines is 2. The van der Waals surface area contributed by atoms with E-state index in [9.17, 15) is 9.90 Å². The number of nitrogens with one attached hydrogen (secondary N) is 1. The van der Waals surface area contributed by atoms with E-state index in [4.69, 9.17) is 0 Å². The molecule has 0 aliphatic rings. The van der Waals surface area contributed by atoms with Crippen LogP contribution in [0.15, 0.2) is 48.8 Å². The summed E-state index contributed by atoms with van der Waals surface area (Å²) in [5.74, 6) is -0.395. The van der Waals surface area contributed by atoms with Gasteiger partial charge in [-0.3, -0.25) is 9.67 Å². The third-order valence-electron chi connectivity index (χ3n) is 3.64. The molecule has 0 spiro atoms. The number of carboxylic acids is 1. The molecule has 3 rings (SSSR count). The number of benzene rings is 1. The minimum atomic E-state index is -1.01. The molecule has 6 heteroatoms. The van der Waals surface area contributed by atoms with Crippen molar-refractivity contribution in [1.29, 1.82) is 0 Å². The lowest BCUT2D eigenvalue weighted by molar-refractivity contribution is 0.0698. The van der Waals surface area contributed by atoms with Crippen molar-refractivity contribution in [2.24, 2.45) is 7.05 Å². The highest BCUT2D eigenvalue weighted by molar-refractivity contribution is 5.94. The Kier molecular flexibility index (Phi) is 3.80. The first-order chi connectivity index (χ1) is 11.1. The average Bonchev–Trinajstić information content (AvgIpc) is 2.82. The van der Waals surface area contributed by atoms with Gasteiger partial charge in [0.1, 0.15) is 0 Å². The van der Waals surface area contributed by atoms with Gasteiger partial charge in [-0.1, -0.05) is 30.3 Å². The first-order valence-electron chi connectivity index (χ1n) is 7.11. The van der Waals surface area contributed by atoms with Crippen LogP contribution in [0.2, 0.25) is 0 Å². The maximum Gasteiger partial charge on any atom is 0.337 e. The molecule has 116 valence electrons. The summed E-state index contributed by atoms with van der Waals surface area (Å²) in [6.07, 6.45) is 2.94. The Hall–Kier alpha value is -3.15. The van der Waals surface area contributed by atoms with Crippen molar-refractivity contribution in [3.8, 4) is 11.3 Å². The summed E-state index contributed by atoms with van der Waals surface area (Å²) in [6.45, 7) is 1.95. The van der Waals surface area contributed by atoms with Crippen LogP contribution in [0.3, 0.4) is 0 Å². The fourth-order valence-electron chi connectivity index (χ4n) is 2.56. The zero-order chi connectivity index (χ0) is 16.4. The predicted octanol–water partition coefficient (Wildman–Crippen LogP) is 3.23. The number of hydrogen-bond acceptors (Lipinski definition) is 4. The van der Waals surface area contributed by atoms with Crippen molar-refractivity contribution in [3.05, 3.63) is 59.9 Å². The fourth-order valence-corrected chi connectivity index (χ4v) is 2.56. The Morgan fingerprint density at radius 3 is 2.65 bits per heavy atom. The molecule has 6 nitrogen and oxygen atoms in total. The zero-order valence-electron chi connectivity index (χ0n) is 12.8. The number of nitrogens with zero attached hydrogens (tertiary/aromatic N) is 3. The molecule has 2 heterocycles.